The first-order valence-corrected chi connectivity index (χ1v) is 3.15. The Kier molecular flexibility index (Phi) is 1.56. The van der Waals surface area contributed by atoms with E-state index in [-0.39, 0.29) is 12.8 Å². The molecule has 0 aromatic carbocycles. The lowest BCUT2D eigenvalue weighted by atomic mass is 9.93. The van der Waals surface area contributed by atoms with E-state index in [2.05, 4.69) is 6.58 Å². The molecule has 0 atom stereocenters. The van der Waals surface area contributed by atoms with Gasteiger partial charge in [0.1, 0.15) is 0 Å². The Balaban J connectivity index is 2.51. The maximum Gasteiger partial charge on any atom is 0.251 e. The molecule has 52 valence electrons. The van der Waals surface area contributed by atoms with Crippen molar-refractivity contribution in [1.82, 2.24) is 0 Å². The molecular weight excluding hydrogens is 122 g/mol. The van der Waals surface area contributed by atoms with Gasteiger partial charge in [0.2, 0.25) is 0 Å². The molecular formula is C7H10F2. The van der Waals surface area contributed by atoms with Crippen LogP contribution in [-0.4, -0.2) is 5.92 Å². The summed E-state index contributed by atoms with van der Waals surface area (Å²) in [6.07, 6.45) is 1.35. The summed E-state index contributed by atoms with van der Waals surface area (Å²) >= 11 is 0. The quantitative estimate of drug-likeness (QED) is 0.444. The van der Waals surface area contributed by atoms with Crippen molar-refractivity contribution in [2.75, 3.05) is 0 Å². The first kappa shape index (κ1) is 6.72. The topological polar surface area (TPSA) is 0 Å². The zero-order valence-corrected chi connectivity index (χ0v) is 5.29. The molecule has 0 N–H and O–H groups in total. The summed E-state index contributed by atoms with van der Waals surface area (Å²) in [5.74, 6) is -2.45. The number of hydrogen-bond acceptors (Lipinski definition) is 0. The minimum atomic E-state index is -2.45. The average molecular weight is 132 g/mol. The Bertz CT molecular complexity index is 127. The standard InChI is InChI=1S/C7H10F2/c1-6-3-2-4-7(8,9)5-6/h1-5H2. The molecule has 0 amide bonds. The van der Waals surface area contributed by atoms with Crippen molar-refractivity contribution >= 4 is 0 Å². The lowest BCUT2D eigenvalue weighted by Crippen LogP contribution is -2.20. The zero-order chi connectivity index (χ0) is 6.91. The van der Waals surface area contributed by atoms with Gasteiger partial charge in [0.05, 0.1) is 0 Å². The molecule has 1 fully saturated rings. The van der Waals surface area contributed by atoms with Gasteiger partial charge in [-0.05, 0) is 12.8 Å². The molecule has 0 bridgehead atoms. The van der Waals surface area contributed by atoms with Crippen LogP contribution in [0.5, 0.6) is 0 Å². The number of halogens is 2. The van der Waals surface area contributed by atoms with E-state index in [1.54, 1.807) is 0 Å². The van der Waals surface area contributed by atoms with Crippen molar-refractivity contribution in [3.8, 4) is 0 Å². The van der Waals surface area contributed by atoms with Crippen molar-refractivity contribution in [2.24, 2.45) is 0 Å². The molecule has 0 aromatic rings. The molecule has 0 aromatic heterocycles. The van der Waals surface area contributed by atoms with E-state index in [9.17, 15) is 8.78 Å². The van der Waals surface area contributed by atoms with Crippen LogP contribution < -0.4 is 0 Å². The van der Waals surface area contributed by atoms with Crippen LogP contribution in [0.3, 0.4) is 0 Å². The Labute approximate surface area is 53.6 Å². The lowest BCUT2D eigenvalue weighted by molar-refractivity contribution is -0.0184. The second kappa shape index (κ2) is 2.09. The van der Waals surface area contributed by atoms with Gasteiger partial charge in [-0.3, -0.25) is 0 Å². The van der Waals surface area contributed by atoms with Gasteiger partial charge in [0.25, 0.3) is 5.92 Å². The zero-order valence-electron chi connectivity index (χ0n) is 5.29. The van der Waals surface area contributed by atoms with E-state index in [0.29, 0.717) is 12.0 Å². The molecule has 1 aliphatic carbocycles. The van der Waals surface area contributed by atoms with E-state index < -0.39 is 5.92 Å². The smallest absolute Gasteiger partial charge is 0.207 e. The molecule has 0 nitrogen and oxygen atoms in total. The molecule has 0 unspecified atom stereocenters. The van der Waals surface area contributed by atoms with Gasteiger partial charge in [0, 0.05) is 12.8 Å². The highest BCUT2D eigenvalue weighted by Gasteiger charge is 2.32. The third kappa shape index (κ3) is 1.77. The van der Waals surface area contributed by atoms with Crippen molar-refractivity contribution < 1.29 is 8.78 Å². The van der Waals surface area contributed by atoms with Crippen molar-refractivity contribution in [3.05, 3.63) is 12.2 Å². The maximum absolute atomic E-state index is 12.4. The SMILES string of the molecule is C=C1CCCC(F)(F)C1. The van der Waals surface area contributed by atoms with Gasteiger partial charge in [-0.25, -0.2) is 8.78 Å². The van der Waals surface area contributed by atoms with Crippen LogP contribution in [0.1, 0.15) is 25.7 Å². The summed E-state index contributed by atoms with van der Waals surface area (Å²) in [6.45, 7) is 3.53. The van der Waals surface area contributed by atoms with Crippen molar-refractivity contribution in [3.63, 3.8) is 0 Å². The third-order valence-corrected chi connectivity index (χ3v) is 1.58. The van der Waals surface area contributed by atoms with E-state index in [4.69, 9.17) is 0 Å². The van der Waals surface area contributed by atoms with Gasteiger partial charge < -0.3 is 0 Å². The number of allylic oxidation sites excluding steroid dienone is 1. The molecule has 0 aliphatic heterocycles. The predicted octanol–water partition coefficient (Wildman–Crippen LogP) is 2.75. The fourth-order valence-corrected chi connectivity index (χ4v) is 1.14. The number of hydrogen-bond donors (Lipinski definition) is 0. The molecule has 0 heterocycles. The molecule has 2 heteroatoms. The van der Waals surface area contributed by atoms with Crippen LogP contribution >= 0.6 is 0 Å². The van der Waals surface area contributed by atoms with Gasteiger partial charge in [-0.2, -0.15) is 0 Å². The molecule has 0 spiro atoms. The summed E-state index contributed by atoms with van der Waals surface area (Å²) in [6, 6.07) is 0. The van der Waals surface area contributed by atoms with Crippen LogP contribution in [0.2, 0.25) is 0 Å². The van der Waals surface area contributed by atoms with Crippen LogP contribution in [0.15, 0.2) is 12.2 Å². The number of alkyl halides is 2. The first-order chi connectivity index (χ1) is 4.10. The van der Waals surface area contributed by atoms with Gasteiger partial charge in [-0.15, -0.1) is 0 Å². The van der Waals surface area contributed by atoms with Crippen LogP contribution in [-0.2, 0) is 0 Å². The summed E-state index contributed by atoms with van der Waals surface area (Å²) < 4.78 is 24.8. The van der Waals surface area contributed by atoms with E-state index in [0.717, 1.165) is 6.42 Å². The van der Waals surface area contributed by atoms with Crippen LogP contribution in [0.25, 0.3) is 0 Å². The largest absolute Gasteiger partial charge is 0.251 e. The third-order valence-electron chi connectivity index (χ3n) is 1.58. The molecule has 1 rings (SSSR count). The summed E-state index contributed by atoms with van der Waals surface area (Å²) in [4.78, 5) is 0. The monoisotopic (exact) mass is 132 g/mol. The molecule has 1 aliphatic rings. The second-order valence-corrected chi connectivity index (χ2v) is 2.64. The Morgan fingerprint density at radius 3 is 2.44 bits per heavy atom. The predicted molar refractivity (Wildman–Crippen MR) is 32.6 cm³/mol. The van der Waals surface area contributed by atoms with E-state index in [1.165, 1.54) is 0 Å². The van der Waals surface area contributed by atoms with Gasteiger partial charge in [-0.1, -0.05) is 12.2 Å². The van der Waals surface area contributed by atoms with Crippen LogP contribution in [0.4, 0.5) is 8.78 Å². The Morgan fingerprint density at radius 1 is 1.44 bits per heavy atom. The molecule has 0 saturated heterocycles. The highest BCUT2D eigenvalue weighted by Crippen LogP contribution is 2.34. The minimum Gasteiger partial charge on any atom is -0.207 e. The van der Waals surface area contributed by atoms with E-state index >= 15 is 0 Å². The highest BCUT2D eigenvalue weighted by atomic mass is 19.3. The molecule has 0 radical (unpaired) electrons. The molecule has 1 saturated carbocycles. The minimum absolute atomic E-state index is 0.0476. The summed E-state index contributed by atoms with van der Waals surface area (Å²) in [5, 5.41) is 0. The average Bonchev–Trinajstić information content (AvgIpc) is 1.60. The first-order valence-electron chi connectivity index (χ1n) is 3.15. The normalized spacial score (nSPS) is 26.2. The maximum atomic E-state index is 12.4. The second-order valence-electron chi connectivity index (χ2n) is 2.64. The van der Waals surface area contributed by atoms with E-state index in [1.807, 2.05) is 0 Å². The Hall–Kier alpha value is -0.400. The molecule has 9 heavy (non-hydrogen) atoms. The Morgan fingerprint density at radius 2 is 2.11 bits per heavy atom. The number of rotatable bonds is 0. The highest BCUT2D eigenvalue weighted by molar-refractivity contribution is 5.02. The van der Waals surface area contributed by atoms with Crippen molar-refractivity contribution in [2.45, 2.75) is 31.6 Å². The summed E-state index contributed by atoms with van der Waals surface area (Å²) in [7, 11) is 0. The van der Waals surface area contributed by atoms with Crippen LogP contribution in [0, 0.1) is 0 Å². The van der Waals surface area contributed by atoms with Gasteiger partial charge >= 0.3 is 0 Å². The van der Waals surface area contributed by atoms with Gasteiger partial charge in [0.15, 0.2) is 0 Å². The fraction of sp³-hybridized carbons (Fsp3) is 0.714. The fourth-order valence-electron chi connectivity index (χ4n) is 1.14. The lowest BCUT2D eigenvalue weighted by Gasteiger charge is -2.22. The summed E-state index contributed by atoms with van der Waals surface area (Å²) in [5.41, 5.74) is 0.700. The van der Waals surface area contributed by atoms with Crippen molar-refractivity contribution in [1.29, 1.82) is 0 Å².